The number of hydrogen-bond acceptors (Lipinski definition) is 8. The SMILES string of the molecule is COC(=O)C(C(=O)OC)[C@@H](C)[C@@H](NC(=O)c1ccc(OC(C)=O)cc1)C(N)=O. The van der Waals surface area contributed by atoms with Gasteiger partial charge in [0.05, 0.1) is 14.2 Å². The van der Waals surface area contributed by atoms with E-state index in [1.54, 1.807) is 0 Å². The minimum Gasteiger partial charge on any atom is -0.468 e. The number of carbonyl (C=O) groups excluding carboxylic acids is 5. The number of rotatable bonds is 8. The van der Waals surface area contributed by atoms with Crippen molar-refractivity contribution in [3.63, 3.8) is 0 Å². The van der Waals surface area contributed by atoms with Crippen LogP contribution in [0.2, 0.25) is 0 Å². The Labute approximate surface area is 161 Å². The highest BCUT2D eigenvalue weighted by atomic mass is 16.5. The Balaban J connectivity index is 3.03. The molecule has 10 nitrogen and oxygen atoms in total. The lowest BCUT2D eigenvalue weighted by Crippen LogP contribution is -2.52. The molecule has 1 rings (SSSR count). The van der Waals surface area contributed by atoms with Crippen molar-refractivity contribution in [1.82, 2.24) is 5.32 Å². The molecule has 0 aliphatic carbocycles. The molecular weight excluding hydrogens is 372 g/mol. The maximum Gasteiger partial charge on any atom is 0.320 e. The Bertz CT molecular complexity index is 743. The van der Waals surface area contributed by atoms with Crippen molar-refractivity contribution in [1.29, 1.82) is 0 Å². The molecule has 0 spiro atoms. The quantitative estimate of drug-likeness (QED) is 0.349. The lowest BCUT2D eigenvalue weighted by molar-refractivity contribution is -0.162. The fourth-order valence-electron chi connectivity index (χ4n) is 2.50. The molecule has 1 aromatic carbocycles. The van der Waals surface area contributed by atoms with E-state index in [1.165, 1.54) is 38.1 Å². The average Bonchev–Trinajstić information content (AvgIpc) is 2.65. The number of methoxy groups -OCH3 is 2. The number of nitrogens with one attached hydrogen (secondary N) is 1. The average molecular weight is 394 g/mol. The second kappa shape index (κ2) is 10.0. The highest BCUT2D eigenvalue weighted by molar-refractivity contribution is 5.99. The molecule has 0 aromatic heterocycles. The molecule has 0 bridgehead atoms. The number of benzene rings is 1. The molecule has 152 valence electrons. The van der Waals surface area contributed by atoms with Crippen molar-refractivity contribution in [3.05, 3.63) is 29.8 Å². The van der Waals surface area contributed by atoms with Crippen LogP contribution in [0.15, 0.2) is 24.3 Å². The van der Waals surface area contributed by atoms with Crippen molar-refractivity contribution in [2.24, 2.45) is 17.6 Å². The van der Waals surface area contributed by atoms with Crippen molar-refractivity contribution >= 4 is 29.7 Å². The zero-order valence-corrected chi connectivity index (χ0v) is 15.9. The maximum atomic E-state index is 12.4. The van der Waals surface area contributed by atoms with E-state index in [9.17, 15) is 24.0 Å². The van der Waals surface area contributed by atoms with Crippen molar-refractivity contribution < 1.29 is 38.2 Å². The van der Waals surface area contributed by atoms with Gasteiger partial charge in [-0.2, -0.15) is 0 Å². The lowest BCUT2D eigenvalue weighted by atomic mass is 9.86. The Hall–Kier alpha value is -3.43. The molecule has 10 heteroatoms. The van der Waals surface area contributed by atoms with Gasteiger partial charge >= 0.3 is 17.9 Å². The second-order valence-electron chi connectivity index (χ2n) is 5.85. The lowest BCUT2D eigenvalue weighted by Gasteiger charge is -2.26. The fraction of sp³-hybridized carbons (Fsp3) is 0.389. The van der Waals surface area contributed by atoms with Crippen LogP contribution in [0.25, 0.3) is 0 Å². The van der Waals surface area contributed by atoms with E-state index >= 15 is 0 Å². The highest BCUT2D eigenvalue weighted by Crippen LogP contribution is 2.20. The maximum absolute atomic E-state index is 12.4. The van der Waals surface area contributed by atoms with E-state index in [1.807, 2.05) is 0 Å². The Morgan fingerprint density at radius 3 is 1.86 bits per heavy atom. The van der Waals surface area contributed by atoms with Crippen molar-refractivity contribution in [3.8, 4) is 5.75 Å². The number of primary amides is 1. The second-order valence-corrected chi connectivity index (χ2v) is 5.85. The predicted molar refractivity (Wildman–Crippen MR) is 94.9 cm³/mol. The van der Waals surface area contributed by atoms with Crippen LogP contribution in [-0.4, -0.2) is 50.0 Å². The van der Waals surface area contributed by atoms with Crippen LogP contribution in [0.5, 0.6) is 5.75 Å². The molecule has 0 saturated carbocycles. The smallest absolute Gasteiger partial charge is 0.320 e. The Kier molecular flexibility index (Phi) is 8.11. The normalized spacial score (nSPS) is 12.5. The van der Waals surface area contributed by atoms with Crippen LogP contribution in [0, 0.1) is 11.8 Å². The summed E-state index contributed by atoms with van der Waals surface area (Å²) in [6.07, 6.45) is 0. The Morgan fingerprint density at radius 1 is 0.964 bits per heavy atom. The van der Waals surface area contributed by atoms with Crippen LogP contribution >= 0.6 is 0 Å². The predicted octanol–water partition coefficient (Wildman–Crippen LogP) is -0.206. The number of amides is 2. The first-order chi connectivity index (χ1) is 13.1. The molecule has 0 saturated heterocycles. The van der Waals surface area contributed by atoms with Gasteiger partial charge in [0.2, 0.25) is 5.91 Å². The number of carbonyl (C=O) groups is 5. The third-order valence-electron chi connectivity index (χ3n) is 3.93. The summed E-state index contributed by atoms with van der Waals surface area (Å²) in [5, 5.41) is 2.39. The first-order valence-electron chi connectivity index (χ1n) is 8.16. The molecule has 2 atom stereocenters. The third kappa shape index (κ3) is 5.79. The summed E-state index contributed by atoms with van der Waals surface area (Å²) in [6.45, 7) is 2.62. The summed E-state index contributed by atoms with van der Waals surface area (Å²) in [5.41, 5.74) is 5.49. The van der Waals surface area contributed by atoms with Gasteiger partial charge in [-0.05, 0) is 24.3 Å². The van der Waals surface area contributed by atoms with Crippen molar-refractivity contribution in [2.75, 3.05) is 14.2 Å². The van der Waals surface area contributed by atoms with Crippen LogP contribution in [0.1, 0.15) is 24.2 Å². The summed E-state index contributed by atoms with van der Waals surface area (Å²) < 4.78 is 14.0. The van der Waals surface area contributed by atoms with Gasteiger partial charge < -0.3 is 25.3 Å². The zero-order valence-electron chi connectivity index (χ0n) is 15.9. The molecule has 2 amide bonds. The summed E-state index contributed by atoms with van der Waals surface area (Å²) >= 11 is 0. The molecular formula is C18H22N2O8. The zero-order chi connectivity index (χ0) is 21.4. The number of ether oxygens (including phenoxy) is 3. The van der Waals surface area contributed by atoms with Crippen LogP contribution < -0.4 is 15.8 Å². The van der Waals surface area contributed by atoms with E-state index in [4.69, 9.17) is 10.5 Å². The van der Waals surface area contributed by atoms with Gasteiger partial charge in [-0.15, -0.1) is 0 Å². The summed E-state index contributed by atoms with van der Waals surface area (Å²) in [7, 11) is 2.15. The van der Waals surface area contributed by atoms with Gasteiger partial charge in [0.1, 0.15) is 11.8 Å². The Morgan fingerprint density at radius 2 is 1.46 bits per heavy atom. The number of nitrogens with two attached hydrogens (primary N) is 1. The first-order valence-corrected chi connectivity index (χ1v) is 8.16. The van der Waals surface area contributed by atoms with Gasteiger partial charge in [-0.1, -0.05) is 6.92 Å². The fourth-order valence-corrected chi connectivity index (χ4v) is 2.50. The molecule has 0 fully saturated rings. The number of hydrogen-bond donors (Lipinski definition) is 2. The standard InChI is InChI=1S/C18H22N2O8/c1-9(13(17(24)26-3)18(25)27-4)14(15(19)22)20-16(23)11-5-7-12(8-6-11)28-10(2)21/h5-9,13-14H,1-4H3,(H2,19,22)(H,20,23)/t9-,14-/m1/s1. The first kappa shape index (κ1) is 22.6. The van der Waals surface area contributed by atoms with Crippen LogP contribution in [0.3, 0.4) is 0 Å². The van der Waals surface area contributed by atoms with Crippen molar-refractivity contribution in [2.45, 2.75) is 19.9 Å². The summed E-state index contributed by atoms with van der Waals surface area (Å²) in [4.78, 5) is 59.1. The molecule has 3 N–H and O–H groups in total. The van der Waals surface area contributed by atoms with Crippen LogP contribution in [0.4, 0.5) is 0 Å². The van der Waals surface area contributed by atoms with E-state index < -0.39 is 47.6 Å². The monoisotopic (exact) mass is 394 g/mol. The third-order valence-corrected chi connectivity index (χ3v) is 3.93. The molecule has 28 heavy (non-hydrogen) atoms. The summed E-state index contributed by atoms with van der Waals surface area (Å²) in [6, 6.07) is 4.17. The molecule has 0 heterocycles. The minimum atomic E-state index is -1.46. The molecule has 0 aliphatic rings. The van der Waals surface area contributed by atoms with Gasteiger partial charge in [0.15, 0.2) is 5.92 Å². The highest BCUT2D eigenvalue weighted by Gasteiger charge is 2.41. The minimum absolute atomic E-state index is 0.141. The van der Waals surface area contributed by atoms with Gasteiger partial charge in [-0.25, -0.2) is 0 Å². The largest absolute Gasteiger partial charge is 0.468 e. The van der Waals surface area contributed by atoms with E-state index in [0.717, 1.165) is 14.2 Å². The van der Waals surface area contributed by atoms with E-state index in [-0.39, 0.29) is 11.3 Å². The summed E-state index contributed by atoms with van der Waals surface area (Å²) in [5.74, 6) is -6.26. The van der Waals surface area contributed by atoms with Gasteiger partial charge in [0.25, 0.3) is 5.91 Å². The van der Waals surface area contributed by atoms with Gasteiger partial charge in [-0.3, -0.25) is 24.0 Å². The van der Waals surface area contributed by atoms with Gasteiger partial charge in [0, 0.05) is 18.4 Å². The number of esters is 3. The molecule has 1 aromatic rings. The topological polar surface area (TPSA) is 151 Å². The van der Waals surface area contributed by atoms with E-state index in [2.05, 4.69) is 14.8 Å². The van der Waals surface area contributed by atoms with E-state index in [0.29, 0.717) is 0 Å². The van der Waals surface area contributed by atoms with Crippen LogP contribution in [-0.2, 0) is 28.7 Å². The molecule has 0 unspecified atom stereocenters. The molecule has 0 radical (unpaired) electrons. The molecule has 0 aliphatic heterocycles.